The van der Waals surface area contributed by atoms with E-state index in [0.717, 1.165) is 31.0 Å². The van der Waals surface area contributed by atoms with Crippen LogP contribution < -0.4 is 5.32 Å². The highest BCUT2D eigenvalue weighted by Gasteiger charge is 2.04. The van der Waals surface area contributed by atoms with Gasteiger partial charge in [-0.15, -0.1) is 0 Å². The number of hydrogen-bond donors (Lipinski definition) is 1. The molecule has 0 aliphatic rings. The van der Waals surface area contributed by atoms with Gasteiger partial charge in [0.1, 0.15) is 5.82 Å². The van der Waals surface area contributed by atoms with E-state index in [2.05, 4.69) is 17.2 Å². The Balaban J connectivity index is 1.98. The summed E-state index contributed by atoms with van der Waals surface area (Å²) in [5, 5.41) is 3.25. The highest BCUT2D eigenvalue weighted by atomic mass is 19.1. The van der Waals surface area contributed by atoms with E-state index in [1.165, 1.54) is 6.07 Å². The van der Waals surface area contributed by atoms with Crippen LogP contribution >= 0.6 is 0 Å². The van der Waals surface area contributed by atoms with E-state index in [-0.39, 0.29) is 5.82 Å². The summed E-state index contributed by atoms with van der Waals surface area (Å²) in [7, 11) is 0. The molecule has 0 saturated carbocycles. The van der Waals surface area contributed by atoms with Gasteiger partial charge in [0.2, 0.25) is 5.95 Å². The lowest BCUT2D eigenvalue weighted by molar-refractivity contribution is 0.594. The van der Waals surface area contributed by atoms with Crippen LogP contribution in [-0.2, 0) is 13.0 Å². The Bertz CT molecular complexity index is 493. The number of imidazole rings is 1. The fraction of sp³-hybridized carbons (Fsp3) is 0.357. The van der Waals surface area contributed by atoms with E-state index in [0.29, 0.717) is 6.42 Å². The van der Waals surface area contributed by atoms with Crippen molar-refractivity contribution in [2.24, 2.45) is 0 Å². The van der Waals surface area contributed by atoms with Crippen LogP contribution in [0.15, 0.2) is 36.7 Å². The average Bonchev–Trinajstić information content (AvgIpc) is 2.83. The molecular weight excluding hydrogens is 229 g/mol. The summed E-state index contributed by atoms with van der Waals surface area (Å²) in [5.41, 5.74) is 0.743. The Morgan fingerprint density at radius 2 is 2.17 bits per heavy atom. The maximum atomic E-state index is 13.5. The number of nitrogens with one attached hydrogen (secondary N) is 1. The lowest BCUT2D eigenvalue weighted by atomic mass is 10.1. The van der Waals surface area contributed by atoms with E-state index < -0.39 is 0 Å². The molecule has 0 unspecified atom stereocenters. The first-order valence-corrected chi connectivity index (χ1v) is 6.29. The Morgan fingerprint density at radius 1 is 1.33 bits per heavy atom. The first-order valence-electron chi connectivity index (χ1n) is 6.29. The largest absolute Gasteiger partial charge is 0.356 e. The van der Waals surface area contributed by atoms with Crippen molar-refractivity contribution >= 4 is 5.95 Å². The highest BCUT2D eigenvalue weighted by Crippen LogP contribution is 2.10. The lowest BCUT2D eigenvalue weighted by Crippen LogP contribution is -2.09. The molecule has 2 rings (SSSR count). The van der Waals surface area contributed by atoms with Crippen molar-refractivity contribution in [3.63, 3.8) is 0 Å². The normalized spacial score (nSPS) is 10.6. The summed E-state index contributed by atoms with van der Waals surface area (Å²) >= 11 is 0. The van der Waals surface area contributed by atoms with E-state index >= 15 is 0 Å². The third kappa shape index (κ3) is 3.09. The van der Waals surface area contributed by atoms with E-state index in [1.54, 1.807) is 12.3 Å². The van der Waals surface area contributed by atoms with Gasteiger partial charge < -0.3 is 9.88 Å². The van der Waals surface area contributed by atoms with Gasteiger partial charge in [0, 0.05) is 25.5 Å². The van der Waals surface area contributed by atoms with Crippen LogP contribution in [0.1, 0.15) is 18.9 Å². The zero-order valence-corrected chi connectivity index (χ0v) is 10.6. The smallest absolute Gasteiger partial charge is 0.202 e. The van der Waals surface area contributed by atoms with E-state index in [9.17, 15) is 4.39 Å². The van der Waals surface area contributed by atoms with Crippen LogP contribution in [0.4, 0.5) is 10.3 Å². The molecule has 96 valence electrons. The van der Waals surface area contributed by atoms with Crippen LogP contribution in [0.2, 0.25) is 0 Å². The van der Waals surface area contributed by atoms with Crippen LogP contribution in [0.3, 0.4) is 0 Å². The summed E-state index contributed by atoms with van der Waals surface area (Å²) in [6.45, 7) is 3.74. The molecule has 0 aliphatic heterocycles. The minimum atomic E-state index is -0.138. The second kappa shape index (κ2) is 6.19. The molecule has 1 aromatic carbocycles. The van der Waals surface area contributed by atoms with Gasteiger partial charge in [0.05, 0.1) is 0 Å². The summed E-state index contributed by atoms with van der Waals surface area (Å²) in [5.74, 6) is 0.717. The molecule has 0 saturated heterocycles. The molecule has 0 radical (unpaired) electrons. The zero-order valence-electron chi connectivity index (χ0n) is 10.6. The van der Waals surface area contributed by atoms with Gasteiger partial charge in [-0.2, -0.15) is 0 Å². The molecular formula is C14H18FN3. The van der Waals surface area contributed by atoms with E-state index in [1.807, 2.05) is 22.9 Å². The number of hydrogen-bond acceptors (Lipinski definition) is 2. The molecule has 0 bridgehead atoms. The minimum Gasteiger partial charge on any atom is -0.356 e. The Labute approximate surface area is 107 Å². The molecule has 18 heavy (non-hydrogen) atoms. The molecule has 3 nitrogen and oxygen atoms in total. The Morgan fingerprint density at radius 3 is 2.94 bits per heavy atom. The fourth-order valence-corrected chi connectivity index (χ4v) is 1.84. The molecule has 1 N–H and O–H groups in total. The number of rotatable bonds is 6. The van der Waals surface area contributed by atoms with Crippen molar-refractivity contribution in [1.82, 2.24) is 9.55 Å². The van der Waals surface area contributed by atoms with Gasteiger partial charge in [-0.1, -0.05) is 25.1 Å². The number of aryl methyl sites for hydroxylation is 2. The third-order valence-electron chi connectivity index (χ3n) is 2.83. The van der Waals surface area contributed by atoms with Crippen LogP contribution in [0.5, 0.6) is 0 Å². The molecule has 0 atom stereocenters. The van der Waals surface area contributed by atoms with Gasteiger partial charge in [0.15, 0.2) is 0 Å². The van der Waals surface area contributed by atoms with Crippen LogP contribution in [-0.4, -0.2) is 16.1 Å². The summed E-state index contributed by atoms with van der Waals surface area (Å²) in [6, 6.07) is 6.90. The van der Waals surface area contributed by atoms with Crippen molar-refractivity contribution in [3.05, 3.63) is 48.0 Å². The molecule has 0 amide bonds. The van der Waals surface area contributed by atoms with Gasteiger partial charge in [-0.05, 0) is 24.5 Å². The van der Waals surface area contributed by atoms with Crippen LogP contribution in [0, 0.1) is 5.82 Å². The molecule has 0 fully saturated rings. The van der Waals surface area contributed by atoms with Crippen molar-refractivity contribution in [2.75, 3.05) is 11.9 Å². The predicted molar refractivity (Wildman–Crippen MR) is 71.1 cm³/mol. The van der Waals surface area contributed by atoms with Gasteiger partial charge >= 0.3 is 0 Å². The van der Waals surface area contributed by atoms with Crippen molar-refractivity contribution in [2.45, 2.75) is 26.3 Å². The maximum Gasteiger partial charge on any atom is 0.202 e. The van der Waals surface area contributed by atoms with Crippen molar-refractivity contribution in [1.29, 1.82) is 0 Å². The molecule has 0 aliphatic carbocycles. The number of aromatic nitrogens is 2. The van der Waals surface area contributed by atoms with E-state index in [4.69, 9.17) is 0 Å². The number of halogens is 1. The van der Waals surface area contributed by atoms with Gasteiger partial charge in [0.25, 0.3) is 0 Å². The average molecular weight is 247 g/mol. The monoisotopic (exact) mass is 247 g/mol. The maximum absolute atomic E-state index is 13.5. The second-order valence-corrected chi connectivity index (χ2v) is 4.21. The third-order valence-corrected chi connectivity index (χ3v) is 2.83. The lowest BCUT2D eigenvalue weighted by Gasteiger charge is -2.09. The van der Waals surface area contributed by atoms with Gasteiger partial charge in [-0.3, -0.25) is 0 Å². The molecule has 1 aromatic heterocycles. The molecule has 4 heteroatoms. The van der Waals surface area contributed by atoms with Crippen molar-refractivity contribution < 1.29 is 4.39 Å². The summed E-state index contributed by atoms with van der Waals surface area (Å²) in [6.07, 6.45) is 5.40. The second-order valence-electron chi connectivity index (χ2n) is 4.21. The zero-order chi connectivity index (χ0) is 12.8. The quantitative estimate of drug-likeness (QED) is 0.850. The summed E-state index contributed by atoms with van der Waals surface area (Å²) in [4.78, 5) is 4.25. The Hall–Kier alpha value is -1.84. The molecule has 1 heterocycles. The topological polar surface area (TPSA) is 29.9 Å². The predicted octanol–water partition coefficient (Wildman–Crippen LogP) is 3.09. The standard InChI is InChI=1S/C14H18FN3/c1-2-8-16-14-17-9-11-18(14)10-7-12-5-3-4-6-13(12)15/h3-6,9,11H,2,7-8,10H2,1H3,(H,16,17). The van der Waals surface area contributed by atoms with Crippen LogP contribution in [0.25, 0.3) is 0 Å². The van der Waals surface area contributed by atoms with Crippen molar-refractivity contribution in [3.8, 4) is 0 Å². The molecule has 2 aromatic rings. The van der Waals surface area contributed by atoms with Gasteiger partial charge in [-0.25, -0.2) is 9.37 Å². The summed E-state index contributed by atoms with van der Waals surface area (Å²) < 4.78 is 15.5. The number of benzene rings is 1. The molecule has 0 spiro atoms. The SMILES string of the molecule is CCCNc1nccn1CCc1ccccc1F. The minimum absolute atomic E-state index is 0.138. The number of nitrogens with zero attached hydrogens (tertiary/aromatic N) is 2. The fourth-order valence-electron chi connectivity index (χ4n) is 1.84. The number of anilines is 1. The highest BCUT2D eigenvalue weighted by molar-refractivity contribution is 5.26. The first kappa shape index (κ1) is 12.6. The first-order chi connectivity index (χ1) is 8.81. The Kier molecular flexibility index (Phi) is 4.34.